The molecule has 0 radical (unpaired) electrons. The van der Waals surface area contributed by atoms with E-state index in [9.17, 15) is 4.79 Å². The highest BCUT2D eigenvalue weighted by molar-refractivity contribution is 5.75. The zero-order chi connectivity index (χ0) is 14.4. The van der Waals surface area contributed by atoms with Crippen molar-refractivity contribution in [3.63, 3.8) is 0 Å². The maximum atomic E-state index is 11.7. The van der Waals surface area contributed by atoms with Crippen molar-refractivity contribution in [2.24, 2.45) is 5.73 Å². The lowest BCUT2D eigenvalue weighted by molar-refractivity contribution is -0.176. The Kier molecular flexibility index (Phi) is 5.29. The number of esters is 1. The van der Waals surface area contributed by atoms with E-state index in [1.54, 1.807) is 0 Å². The van der Waals surface area contributed by atoms with Crippen LogP contribution < -0.4 is 5.73 Å². The monoisotopic (exact) mass is 277 g/mol. The van der Waals surface area contributed by atoms with Crippen LogP contribution in [-0.4, -0.2) is 31.0 Å². The van der Waals surface area contributed by atoms with E-state index >= 15 is 0 Å². The summed E-state index contributed by atoms with van der Waals surface area (Å²) in [5.74, 6) is -0.425. The molecule has 0 bridgehead atoms. The predicted molar refractivity (Wildman–Crippen MR) is 73.6 cm³/mol. The molecule has 1 saturated heterocycles. The highest BCUT2D eigenvalue weighted by atomic mass is 16.7. The van der Waals surface area contributed by atoms with E-state index < -0.39 is 18.4 Å². The number of hydrogen-bond acceptors (Lipinski definition) is 5. The lowest BCUT2D eigenvalue weighted by atomic mass is 10.2. The van der Waals surface area contributed by atoms with E-state index in [1.807, 2.05) is 30.3 Å². The van der Waals surface area contributed by atoms with Gasteiger partial charge in [-0.3, -0.25) is 0 Å². The summed E-state index contributed by atoms with van der Waals surface area (Å²) in [7, 11) is 0. The molecular weight excluding hydrogens is 258 g/mol. The van der Waals surface area contributed by atoms with Crippen LogP contribution in [0.4, 0.5) is 0 Å². The Balaban J connectivity index is 1.81. The van der Waals surface area contributed by atoms with Crippen molar-refractivity contribution in [1.29, 1.82) is 0 Å². The first kappa shape index (κ1) is 14.7. The van der Waals surface area contributed by atoms with Crippen LogP contribution in [0.3, 0.4) is 0 Å². The van der Waals surface area contributed by atoms with Crippen LogP contribution in [0.1, 0.15) is 12.0 Å². The van der Waals surface area contributed by atoms with Crippen molar-refractivity contribution in [3.05, 3.63) is 48.6 Å². The fourth-order valence-corrected chi connectivity index (χ4v) is 1.98. The van der Waals surface area contributed by atoms with Gasteiger partial charge in [-0.25, -0.2) is 4.79 Å². The second-order valence-corrected chi connectivity index (χ2v) is 4.61. The molecule has 0 aliphatic carbocycles. The molecule has 20 heavy (non-hydrogen) atoms. The first-order chi connectivity index (χ1) is 9.70. The van der Waals surface area contributed by atoms with Gasteiger partial charge in [-0.1, -0.05) is 43.0 Å². The van der Waals surface area contributed by atoms with Crippen molar-refractivity contribution >= 4 is 5.97 Å². The van der Waals surface area contributed by atoms with Crippen LogP contribution in [0, 0.1) is 0 Å². The first-order valence-corrected chi connectivity index (χ1v) is 6.55. The molecule has 1 heterocycles. The molecule has 3 unspecified atom stereocenters. The normalized spacial score (nSPS) is 25.4. The lowest BCUT2D eigenvalue weighted by Crippen LogP contribution is -2.32. The molecule has 0 amide bonds. The van der Waals surface area contributed by atoms with E-state index in [0.717, 1.165) is 5.56 Å². The van der Waals surface area contributed by atoms with Crippen LogP contribution in [0.2, 0.25) is 0 Å². The molecular formula is C15H19NO4. The summed E-state index contributed by atoms with van der Waals surface area (Å²) in [6.45, 7) is 4.05. The Morgan fingerprint density at radius 1 is 1.45 bits per heavy atom. The topological polar surface area (TPSA) is 70.8 Å². The number of nitrogens with two attached hydrogens (primary N) is 1. The minimum atomic E-state index is -0.661. The number of rotatable bonds is 6. The second-order valence-electron chi connectivity index (χ2n) is 4.61. The fourth-order valence-electron chi connectivity index (χ4n) is 1.98. The van der Waals surface area contributed by atoms with Crippen molar-refractivity contribution in [2.45, 2.75) is 31.5 Å². The maximum absolute atomic E-state index is 11.7. The largest absolute Gasteiger partial charge is 0.460 e. The van der Waals surface area contributed by atoms with Gasteiger partial charge in [-0.15, -0.1) is 0 Å². The summed E-state index contributed by atoms with van der Waals surface area (Å²) in [4.78, 5) is 11.7. The third-order valence-corrected chi connectivity index (χ3v) is 3.00. The highest BCUT2D eigenvalue weighted by Crippen LogP contribution is 2.22. The minimum Gasteiger partial charge on any atom is -0.460 e. The second kappa shape index (κ2) is 7.19. The zero-order valence-electron chi connectivity index (χ0n) is 11.2. The molecule has 1 aliphatic heterocycles. The number of carbonyl (C=O) groups is 1. The van der Waals surface area contributed by atoms with Crippen molar-refractivity contribution < 1.29 is 19.0 Å². The minimum absolute atomic E-state index is 0.170. The summed E-state index contributed by atoms with van der Waals surface area (Å²) in [5, 5.41) is 0. The molecule has 2 N–H and O–H groups in total. The smallest absolute Gasteiger partial charge is 0.335 e. The molecule has 3 atom stereocenters. The summed E-state index contributed by atoms with van der Waals surface area (Å²) < 4.78 is 16.1. The van der Waals surface area contributed by atoms with Crippen LogP contribution in [0.5, 0.6) is 0 Å². The van der Waals surface area contributed by atoms with Crippen molar-refractivity contribution in [2.75, 3.05) is 6.61 Å². The Hall–Kier alpha value is -1.69. The fraction of sp³-hybridized carbons (Fsp3) is 0.400. The Morgan fingerprint density at radius 2 is 2.20 bits per heavy atom. The number of ether oxygens (including phenoxy) is 3. The van der Waals surface area contributed by atoms with Crippen LogP contribution >= 0.6 is 0 Å². The van der Waals surface area contributed by atoms with Gasteiger partial charge < -0.3 is 19.9 Å². The average molecular weight is 277 g/mol. The average Bonchev–Trinajstić information content (AvgIpc) is 2.85. The molecule has 1 aliphatic rings. The van der Waals surface area contributed by atoms with Gasteiger partial charge in [0.2, 0.25) is 0 Å². The predicted octanol–water partition coefficient (Wildman–Crippen LogP) is 1.37. The van der Waals surface area contributed by atoms with Gasteiger partial charge in [0.15, 0.2) is 12.4 Å². The molecule has 5 nitrogen and oxygen atoms in total. The standard InChI is InChI=1S/C15H19NO4/c1-2-8-18-14(17)13-9-12(16)15(20-13)19-10-11-6-4-3-5-7-11/h2-7,12-13,15H,1,8-10,16H2. The van der Waals surface area contributed by atoms with Gasteiger partial charge in [0.1, 0.15) is 6.61 Å². The number of carbonyl (C=O) groups excluding carboxylic acids is 1. The molecule has 1 aromatic rings. The van der Waals surface area contributed by atoms with E-state index in [1.165, 1.54) is 6.08 Å². The van der Waals surface area contributed by atoms with E-state index in [0.29, 0.717) is 13.0 Å². The third-order valence-electron chi connectivity index (χ3n) is 3.00. The summed E-state index contributed by atoms with van der Waals surface area (Å²) in [6, 6.07) is 9.38. The van der Waals surface area contributed by atoms with Crippen LogP contribution in [0.15, 0.2) is 43.0 Å². The number of hydrogen-bond donors (Lipinski definition) is 1. The molecule has 0 spiro atoms. The zero-order valence-corrected chi connectivity index (χ0v) is 11.2. The molecule has 1 aromatic carbocycles. The van der Waals surface area contributed by atoms with E-state index in [-0.39, 0.29) is 12.6 Å². The summed E-state index contributed by atoms with van der Waals surface area (Å²) >= 11 is 0. The van der Waals surface area contributed by atoms with Crippen molar-refractivity contribution in [1.82, 2.24) is 0 Å². The molecule has 108 valence electrons. The quantitative estimate of drug-likeness (QED) is 0.628. The van der Waals surface area contributed by atoms with E-state index in [4.69, 9.17) is 19.9 Å². The van der Waals surface area contributed by atoms with Crippen molar-refractivity contribution in [3.8, 4) is 0 Å². The summed E-state index contributed by atoms with van der Waals surface area (Å²) in [5.41, 5.74) is 6.95. The SMILES string of the molecule is C=CCOC(=O)C1CC(N)C(OCc2ccccc2)O1. The Morgan fingerprint density at radius 3 is 2.90 bits per heavy atom. The van der Waals surface area contributed by atoms with Gasteiger partial charge in [0.25, 0.3) is 0 Å². The molecule has 0 aromatic heterocycles. The molecule has 5 heteroatoms. The molecule has 1 fully saturated rings. The third kappa shape index (κ3) is 3.90. The van der Waals surface area contributed by atoms with Gasteiger partial charge in [-0.2, -0.15) is 0 Å². The molecule has 0 saturated carbocycles. The first-order valence-electron chi connectivity index (χ1n) is 6.55. The van der Waals surface area contributed by atoms with Gasteiger partial charge >= 0.3 is 5.97 Å². The van der Waals surface area contributed by atoms with Gasteiger partial charge in [-0.05, 0) is 5.56 Å². The van der Waals surface area contributed by atoms with Crippen LogP contribution in [-0.2, 0) is 25.6 Å². The number of benzene rings is 1. The highest BCUT2D eigenvalue weighted by Gasteiger charge is 2.38. The lowest BCUT2D eigenvalue weighted by Gasteiger charge is -2.16. The summed E-state index contributed by atoms with van der Waals surface area (Å²) in [6.07, 6.45) is 0.660. The maximum Gasteiger partial charge on any atom is 0.335 e. The Labute approximate surface area is 118 Å². The van der Waals surface area contributed by atoms with Crippen LogP contribution in [0.25, 0.3) is 0 Å². The Bertz CT molecular complexity index is 448. The van der Waals surface area contributed by atoms with Gasteiger partial charge in [0.05, 0.1) is 12.6 Å². The van der Waals surface area contributed by atoms with E-state index in [2.05, 4.69) is 6.58 Å². The molecule has 2 rings (SSSR count). The van der Waals surface area contributed by atoms with Gasteiger partial charge in [0, 0.05) is 6.42 Å².